The Morgan fingerprint density at radius 1 is 1.00 bits per heavy atom. The Kier molecular flexibility index (Phi) is 4.23. The number of ether oxygens (including phenoxy) is 1. The second-order valence-electron chi connectivity index (χ2n) is 11.3. The number of fused-ring (bicyclic) bond motifs is 7. The molecule has 1 aromatic carbocycles. The molecule has 2 nitrogen and oxygen atoms in total. The minimum Gasteiger partial charge on any atom is -0.504 e. The van der Waals surface area contributed by atoms with Crippen LogP contribution in [0.15, 0.2) is 17.7 Å². The predicted molar refractivity (Wildman–Crippen MR) is 119 cm³/mol. The second kappa shape index (κ2) is 6.28. The summed E-state index contributed by atoms with van der Waals surface area (Å²) >= 11 is 0. The molecular formula is C27H38O2. The molecule has 0 aromatic heterocycles. The summed E-state index contributed by atoms with van der Waals surface area (Å²) in [6.45, 7) is 9.74. The molecule has 0 amide bonds. The van der Waals surface area contributed by atoms with Gasteiger partial charge in [-0.3, -0.25) is 0 Å². The maximum Gasteiger partial charge on any atom is 0.161 e. The summed E-state index contributed by atoms with van der Waals surface area (Å²) in [5, 5.41) is 10.6. The van der Waals surface area contributed by atoms with E-state index >= 15 is 0 Å². The Bertz CT molecular complexity index is 883. The average Bonchev–Trinajstić information content (AvgIpc) is 2.70. The van der Waals surface area contributed by atoms with Crippen LogP contribution in [0.25, 0.3) is 0 Å². The van der Waals surface area contributed by atoms with Gasteiger partial charge < -0.3 is 9.84 Å². The molecule has 0 saturated heterocycles. The van der Waals surface area contributed by atoms with Crippen molar-refractivity contribution in [3.63, 3.8) is 0 Å². The van der Waals surface area contributed by atoms with Crippen molar-refractivity contribution in [3.05, 3.63) is 34.4 Å². The normalized spacial score (nSPS) is 40.8. The minimum atomic E-state index is 0.0764. The van der Waals surface area contributed by atoms with E-state index in [2.05, 4.69) is 39.8 Å². The highest BCUT2D eigenvalue weighted by Gasteiger charge is 2.59. The summed E-state index contributed by atoms with van der Waals surface area (Å²) in [4.78, 5) is 0. The maximum atomic E-state index is 10.6. The van der Waals surface area contributed by atoms with E-state index in [-0.39, 0.29) is 5.41 Å². The third-order valence-corrected chi connectivity index (χ3v) is 10.1. The van der Waals surface area contributed by atoms with Gasteiger partial charge in [-0.25, -0.2) is 0 Å². The van der Waals surface area contributed by atoms with Gasteiger partial charge in [-0.1, -0.05) is 45.3 Å². The third-order valence-electron chi connectivity index (χ3n) is 10.1. The smallest absolute Gasteiger partial charge is 0.161 e. The van der Waals surface area contributed by atoms with Crippen molar-refractivity contribution in [1.29, 1.82) is 0 Å². The fourth-order valence-electron chi connectivity index (χ4n) is 8.33. The Morgan fingerprint density at radius 3 is 2.55 bits per heavy atom. The summed E-state index contributed by atoms with van der Waals surface area (Å²) in [5.74, 6) is 2.70. The lowest BCUT2D eigenvalue weighted by molar-refractivity contribution is -0.0704. The zero-order valence-corrected chi connectivity index (χ0v) is 19.0. The van der Waals surface area contributed by atoms with E-state index < -0.39 is 0 Å². The number of methoxy groups -OCH3 is 1. The number of benzene rings is 1. The van der Waals surface area contributed by atoms with E-state index in [4.69, 9.17) is 4.74 Å². The number of aromatic hydroxyl groups is 1. The van der Waals surface area contributed by atoms with Crippen LogP contribution in [-0.4, -0.2) is 12.2 Å². The first-order valence-corrected chi connectivity index (χ1v) is 11.9. The molecule has 1 N–H and O–H groups in total. The largest absolute Gasteiger partial charge is 0.504 e. The molecule has 0 heterocycles. The van der Waals surface area contributed by atoms with Crippen LogP contribution in [0.4, 0.5) is 0 Å². The lowest BCUT2D eigenvalue weighted by Gasteiger charge is -2.63. The molecule has 5 rings (SSSR count). The van der Waals surface area contributed by atoms with Crippen molar-refractivity contribution in [1.82, 2.24) is 0 Å². The molecule has 2 heteroatoms. The average molecular weight is 395 g/mol. The summed E-state index contributed by atoms with van der Waals surface area (Å²) in [6.07, 6.45) is 14.6. The number of phenolic OH excluding ortho intramolecular Hbond substituents is 1. The number of allylic oxidation sites excluding steroid dienone is 2. The molecule has 3 fully saturated rings. The van der Waals surface area contributed by atoms with Crippen LogP contribution in [0.2, 0.25) is 0 Å². The topological polar surface area (TPSA) is 29.5 Å². The number of phenols is 1. The fourth-order valence-corrected chi connectivity index (χ4v) is 8.33. The van der Waals surface area contributed by atoms with Gasteiger partial charge in [-0.15, -0.1) is 0 Å². The van der Waals surface area contributed by atoms with Gasteiger partial charge in [0.25, 0.3) is 0 Å². The van der Waals surface area contributed by atoms with E-state index in [1.54, 1.807) is 12.7 Å². The highest BCUT2D eigenvalue weighted by molar-refractivity contribution is 5.60. The van der Waals surface area contributed by atoms with Crippen LogP contribution in [0.1, 0.15) is 88.8 Å². The van der Waals surface area contributed by atoms with Crippen molar-refractivity contribution < 1.29 is 9.84 Å². The zero-order chi connectivity index (χ0) is 20.6. The number of hydrogen-bond acceptors (Lipinski definition) is 2. The van der Waals surface area contributed by atoms with Gasteiger partial charge in [0.05, 0.1) is 7.11 Å². The SMILES string of the molecule is COc1cc2c(c(C)c1O)CC=C1C2(C)CCC2C3CCCCC3(C)CCC12C. The zero-order valence-electron chi connectivity index (χ0n) is 19.0. The number of hydrogen-bond donors (Lipinski definition) is 1. The third kappa shape index (κ3) is 2.47. The first-order chi connectivity index (χ1) is 13.7. The Balaban J connectivity index is 1.61. The van der Waals surface area contributed by atoms with Gasteiger partial charge in [0, 0.05) is 5.41 Å². The Morgan fingerprint density at radius 2 is 1.79 bits per heavy atom. The predicted octanol–water partition coefficient (Wildman–Crippen LogP) is 6.86. The summed E-state index contributed by atoms with van der Waals surface area (Å²) in [6, 6.07) is 2.15. The molecule has 1 aromatic rings. The fraction of sp³-hybridized carbons (Fsp3) is 0.704. The molecule has 0 spiro atoms. The van der Waals surface area contributed by atoms with Crippen LogP contribution in [0, 0.1) is 29.6 Å². The Labute approximate surface area is 176 Å². The van der Waals surface area contributed by atoms with Crippen molar-refractivity contribution in [2.75, 3.05) is 7.11 Å². The molecule has 4 aliphatic carbocycles. The first kappa shape index (κ1) is 19.5. The van der Waals surface area contributed by atoms with Crippen LogP contribution >= 0.6 is 0 Å². The van der Waals surface area contributed by atoms with Crippen molar-refractivity contribution in [2.45, 2.75) is 90.9 Å². The molecular weight excluding hydrogens is 356 g/mol. The van der Waals surface area contributed by atoms with Crippen LogP contribution in [-0.2, 0) is 11.8 Å². The molecule has 0 aliphatic heterocycles. The van der Waals surface area contributed by atoms with Gasteiger partial charge in [-0.05, 0) is 97.3 Å². The Hall–Kier alpha value is -1.44. The van der Waals surface area contributed by atoms with Crippen LogP contribution < -0.4 is 4.74 Å². The minimum absolute atomic E-state index is 0.0764. The molecule has 0 bridgehead atoms. The van der Waals surface area contributed by atoms with Gasteiger partial charge in [0.1, 0.15) is 0 Å². The quantitative estimate of drug-likeness (QED) is 0.527. The van der Waals surface area contributed by atoms with E-state index in [1.807, 2.05) is 0 Å². The standard InChI is InChI=1S/C27H38O2/c1-17-18-9-10-23-26(3,21(18)16-22(29-5)24(17)28)13-11-20-19-8-6-7-12-25(19,2)14-15-27(20,23)4/h10,16,19-20,28H,6-9,11-15H2,1-5H3. The van der Waals surface area contributed by atoms with E-state index in [1.165, 1.54) is 62.5 Å². The molecule has 158 valence electrons. The van der Waals surface area contributed by atoms with Gasteiger partial charge in [0.2, 0.25) is 0 Å². The van der Waals surface area contributed by atoms with E-state index in [0.717, 1.165) is 23.8 Å². The highest BCUT2D eigenvalue weighted by Crippen LogP contribution is 2.68. The molecule has 29 heavy (non-hydrogen) atoms. The van der Waals surface area contributed by atoms with Crippen molar-refractivity contribution in [2.24, 2.45) is 22.7 Å². The molecule has 5 unspecified atom stereocenters. The lowest BCUT2D eigenvalue weighted by atomic mass is 9.41. The van der Waals surface area contributed by atoms with Crippen LogP contribution in [0.3, 0.4) is 0 Å². The van der Waals surface area contributed by atoms with Crippen molar-refractivity contribution in [3.8, 4) is 11.5 Å². The molecule has 3 saturated carbocycles. The van der Waals surface area contributed by atoms with E-state index in [0.29, 0.717) is 22.3 Å². The molecule has 5 atom stereocenters. The van der Waals surface area contributed by atoms with Gasteiger partial charge in [-0.2, -0.15) is 0 Å². The first-order valence-electron chi connectivity index (χ1n) is 11.9. The van der Waals surface area contributed by atoms with E-state index in [9.17, 15) is 5.11 Å². The van der Waals surface area contributed by atoms with Crippen molar-refractivity contribution >= 4 is 0 Å². The second-order valence-corrected chi connectivity index (χ2v) is 11.3. The van der Waals surface area contributed by atoms with Gasteiger partial charge >= 0.3 is 0 Å². The van der Waals surface area contributed by atoms with Gasteiger partial charge in [0.15, 0.2) is 11.5 Å². The molecule has 4 aliphatic rings. The molecule has 0 radical (unpaired) electrons. The monoisotopic (exact) mass is 394 g/mol. The highest BCUT2D eigenvalue weighted by atomic mass is 16.5. The lowest BCUT2D eigenvalue weighted by Crippen LogP contribution is -2.55. The summed E-state index contributed by atoms with van der Waals surface area (Å²) < 4.78 is 5.56. The summed E-state index contributed by atoms with van der Waals surface area (Å²) in [7, 11) is 1.67. The maximum absolute atomic E-state index is 10.6. The summed E-state index contributed by atoms with van der Waals surface area (Å²) in [5.41, 5.74) is 6.43. The van der Waals surface area contributed by atoms with Crippen LogP contribution in [0.5, 0.6) is 11.5 Å². The number of rotatable bonds is 1.